The van der Waals surface area contributed by atoms with Crippen LogP contribution in [0.2, 0.25) is 0 Å². The van der Waals surface area contributed by atoms with Crippen molar-refractivity contribution < 1.29 is 19.5 Å². The van der Waals surface area contributed by atoms with Gasteiger partial charge in [0.2, 0.25) is 5.91 Å². The highest BCUT2D eigenvalue weighted by molar-refractivity contribution is 6.15. The highest BCUT2D eigenvalue weighted by Gasteiger charge is 2.30. The van der Waals surface area contributed by atoms with Crippen LogP contribution >= 0.6 is 0 Å². The number of amides is 2. The molecular weight excluding hydrogens is 544 g/mol. The van der Waals surface area contributed by atoms with Gasteiger partial charge in [0, 0.05) is 54.5 Å². The van der Waals surface area contributed by atoms with Gasteiger partial charge in [-0.3, -0.25) is 24.1 Å². The van der Waals surface area contributed by atoms with Crippen molar-refractivity contribution in [3.8, 4) is 0 Å². The number of benzene rings is 3. The van der Waals surface area contributed by atoms with E-state index in [9.17, 15) is 19.5 Å². The van der Waals surface area contributed by atoms with Crippen molar-refractivity contribution in [2.24, 2.45) is 12.0 Å². The Labute approximate surface area is 249 Å². The minimum atomic E-state index is -0.573. The number of aliphatic imine (C=N–C) groups is 1. The van der Waals surface area contributed by atoms with Crippen molar-refractivity contribution in [3.05, 3.63) is 101 Å². The standard InChI is InChI=1S/C33H32N6O4/c1-20-16-30(38(2)37-20)33(43)35-24-5-3-4-21(17-24)31(41)22-6-11-27-28(32(42)36-29(27)18-22)19-34-23-7-9-25(10-8-23)39-14-12-26(40)13-15-39/h3-11,16-19,26,28,40H,12-15H2,1-2H3,(H,35,43)(H,36,42). The summed E-state index contributed by atoms with van der Waals surface area (Å²) in [6.45, 7) is 3.45. The van der Waals surface area contributed by atoms with Gasteiger partial charge in [-0.2, -0.15) is 5.10 Å². The summed E-state index contributed by atoms with van der Waals surface area (Å²) in [5, 5.41) is 19.6. The molecule has 218 valence electrons. The van der Waals surface area contributed by atoms with Crippen molar-refractivity contribution in [2.45, 2.75) is 31.8 Å². The van der Waals surface area contributed by atoms with Crippen LogP contribution in [-0.2, 0) is 11.8 Å². The van der Waals surface area contributed by atoms with Crippen molar-refractivity contribution in [3.63, 3.8) is 0 Å². The number of aryl methyl sites for hydroxylation is 2. The highest BCUT2D eigenvalue weighted by Crippen LogP contribution is 2.34. The third kappa shape index (κ3) is 5.96. The number of hydrogen-bond donors (Lipinski definition) is 3. The van der Waals surface area contributed by atoms with Crippen LogP contribution in [0, 0.1) is 6.92 Å². The molecule has 43 heavy (non-hydrogen) atoms. The molecule has 0 radical (unpaired) electrons. The van der Waals surface area contributed by atoms with Crippen molar-refractivity contribution >= 4 is 46.6 Å². The number of anilines is 3. The Kier molecular flexibility index (Phi) is 7.60. The molecule has 0 spiro atoms. The number of aliphatic hydroxyl groups is 1. The average Bonchev–Trinajstić information content (AvgIpc) is 3.52. The van der Waals surface area contributed by atoms with Crippen LogP contribution in [0.3, 0.4) is 0 Å². The van der Waals surface area contributed by atoms with Crippen LogP contribution in [0.25, 0.3) is 0 Å². The SMILES string of the molecule is Cc1cc(C(=O)Nc2cccc(C(=O)c3ccc4c(c3)NC(=O)C4C=Nc3ccc(N4CCC(O)CC4)cc3)c2)n(C)n1. The highest BCUT2D eigenvalue weighted by atomic mass is 16.3. The van der Waals surface area contributed by atoms with Gasteiger partial charge in [-0.05, 0) is 73.9 Å². The Morgan fingerprint density at radius 3 is 2.49 bits per heavy atom. The minimum Gasteiger partial charge on any atom is -0.393 e. The Morgan fingerprint density at radius 1 is 1.02 bits per heavy atom. The number of nitrogens with one attached hydrogen (secondary N) is 2. The number of hydrogen-bond acceptors (Lipinski definition) is 7. The second-order valence-corrected chi connectivity index (χ2v) is 10.9. The maximum atomic E-state index is 13.4. The van der Waals surface area contributed by atoms with Gasteiger partial charge in [0.15, 0.2) is 5.78 Å². The van der Waals surface area contributed by atoms with E-state index in [1.54, 1.807) is 61.8 Å². The van der Waals surface area contributed by atoms with Gasteiger partial charge in [-0.15, -0.1) is 0 Å². The van der Waals surface area contributed by atoms with E-state index in [1.165, 1.54) is 4.68 Å². The Bertz CT molecular complexity index is 1730. The number of ketones is 1. The molecule has 1 aromatic heterocycles. The first-order valence-electron chi connectivity index (χ1n) is 14.2. The van der Waals surface area contributed by atoms with E-state index < -0.39 is 5.92 Å². The fourth-order valence-electron chi connectivity index (χ4n) is 5.53. The third-order valence-corrected chi connectivity index (χ3v) is 7.86. The molecule has 3 N–H and O–H groups in total. The summed E-state index contributed by atoms with van der Waals surface area (Å²) in [5.74, 6) is -1.33. The van der Waals surface area contributed by atoms with E-state index in [-0.39, 0.29) is 23.7 Å². The fourth-order valence-corrected chi connectivity index (χ4v) is 5.53. The molecule has 3 aromatic carbocycles. The molecule has 2 aliphatic heterocycles. The molecule has 0 aliphatic carbocycles. The lowest BCUT2D eigenvalue weighted by Crippen LogP contribution is -2.35. The van der Waals surface area contributed by atoms with E-state index in [0.29, 0.717) is 28.2 Å². The van der Waals surface area contributed by atoms with Crippen LogP contribution in [-0.4, -0.2) is 57.9 Å². The molecule has 3 heterocycles. The number of piperidine rings is 1. The first-order chi connectivity index (χ1) is 20.7. The smallest absolute Gasteiger partial charge is 0.273 e. The molecule has 1 saturated heterocycles. The summed E-state index contributed by atoms with van der Waals surface area (Å²) in [7, 11) is 1.70. The lowest BCUT2D eigenvalue weighted by molar-refractivity contribution is -0.115. The van der Waals surface area contributed by atoms with Crippen LogP contribution < -0.4 is 15.5 Å². The molecular formula is C33H32N6O4. The zero-order valence-electron chi connectivity index (χ0n) is 23.9. The molecule has 6 rings (SSSR count). The molecule has 10 heteroatoms. The maximum Gasteiger partial charge on any atom is 0.273 e. The van der Waals surface area contributed by atoms with Gasteiger partial charge in [-0.1, -0.05) is 24.3 Å². The molecule has 2 amide bonds. The predicted octanol–water partition coefficient (Wildman–Crippen LogP) is 4.61. The second-order valence-electron chi connectivity index (χ2n) is 10.9. The molecule has 0 bridgehead atoms. The first-order valence-corrected chi connectivity index (χ1v) is 14.2. The monoisotopic (exact) mass is 576 g/mol. The lowest BCUT2D eigenvalue weighted by atomic mass is 9.97. The van der Waals surface area contributed by atoms with Crippen LogP contribution in [0.5, 0.6) is 0 Å². The largest absolute Gasteiger partial charge is 0.393 e. The number of carbonyl (C=O) groups excluding carboxylic acids is 3. The van der Waals surface area contributed by atoms with Gasteiger partial charge in [-0.25, -0.2) is 0 Å². The van der Waals surface area contributed by atoms with Gasteiger partial charge in [0.05, 0.1) is 17.5 Å². The van der Waals surface area contributed by atoms with E-state index >= 15 is 0 Å². The number of carbonyl (C=O) groups is 3. The quantitative estimate of drug-likeness (QED) is 0.218. The summed E-state index contributed by atoms with van der Waals surface area (Å²) in [6.07, 6.45) is 2.94. The van der Waals surface area contributed by atoms with E-state index in [1.807, 2.05) is 31.2 Å². The zero-order valence-corrected chi connectivity index (χ0v) is 23.9. The van der Waals surface area contributed by atoms with Crippen LogP contribution in [0.1, 0.15) is 56.4 Å². The van der Waals surface area contributed by atoms with E-state index in [0.717, 1.165) is 48.6 Å². The third-order valence-electron chi connectivity index (χ3n) is 7.86. The minimum absolute atomic E-state index is 0.207. The number of nitrogens with zero attached hydrogens (tertiary/aromatic N) is 4. The number of fused-ring (bicyclic) bond motifs is 1. The Hall–Kier alpha value is -5.09. The summed E-state index contributed by atoms with van der Waals surface area (Å²) in [4.78, 5) is 45.7. The van der Waals surface area contributed by atoms with Gasteiger partial charge in [0.25, 0.3) is 5.91 Å². The molecule has 2 aliphatic rings. The Morgan fingerprint density at radius 2 is 1.77 bits per heavy atom. The summed E-state index contributed by atoms with van der Waals surface area (Å²) < 4.78 is 1.51. The van der Waals surface area contributed by atoms with Gasteiger partial charge >= 0.3 is 0 Å². The molecule has 0 saturated carbocycles. The normalized spacial score (nSPS) is 16.8. The lowest BCUT2D eigenvalue weighted by Gasteiger charge is -2.31. The van der Waals surface area contributed by atoms with Crippen molar-refractivity contribution in [1.82, 2.24) is 9.78 Å². The molecule has 1 atom stereocenters. The topological polar surface area (TPSA) is 129 Å². The fraction of sp³-hybridized carbons (Fsp3) is 0.242. The average molecular weight is 577 g/mol. The van der Waals surface area contributed by atoms with Crippen molar-refractivity contribution in [2.75, 3.05) is 28.6 Å². The number of aromatic nitrogens is 2. The number of aliphatic hydroxyl groups excluding tert-OH is 1. The Balaban J connectivity index is 1.14. The van der Waals surface area contributed by atoms with Crippen molar-refractivity contribution in [1.29, 1.82) is 0 Å². The predicted molar refractivity (Wildman–Crippen MR) is 166 cm³/mol. The molecule has 1 fully saturated rings. The summed E-state index contributed by atoms with van der Waals surface area (Å²) in [6, 6.07) is 21.4. The first kappa shape index (κ1) is 28.0. The zero-order chi connectivity index (χ0) is 30.1. The summed E-state index contributed by atoms with van der Waals surface area (Å²) >= 11 is 0. The molecule has 1 unspecified atom stereocenters. The second kappa shape index (κ2) is 11.7. The van der Waals surface area contributed by atoms with E-state index in [4.69, 9.17) is 0 Å². The van der Waals surface area contributed by atoms with Crippen LogP contribution in [0.4, 0.5) is 22.7 Å². The van der Waals surface area contributed by atoms with Crippen LogP contribution in [0.15, 0.2) is 77.8 Å². The van der Waals surface area contributed by atoms with E-state index in [2.05, 4.69) is 25.6 Å². The van der Waals surface area contributed by atoms with Gasteiger partial charge < -0.3 is 20.6 Å². The summed E-state index contributed by atoms with van der Waals surface area (Å²) in [5.41, 5.74) is 5.61. The van der Waals surface area contributed by atoms with Gasteiger partial charge in [0.1, 0.15) is 11.6 Å². The molecule has 4 aromatic rings. The number of rotatable bonds is 7. The maximum absolute atomic E-state index is 13.4. The molecule has 10 nitrogen and oxygen atoms in total.